The summed E-state index contributed by atoms with van der Waals surface area (Å²) in [7, 11) is -0.0359. The van der Waals surface area contributed by atoms with Crippen molar-refractivity contribution in [2.24, 2.45) is 5.92 Å². The molecule has 0 spiro atoms. The summed E-state index contributed by atoms with van der Waals surface area (Å²) in [4.78, 5) is 29.7. The van der Waals surface area contributed by atoms with Crippen molar-refractivity contribution in [3.05, 3.63) is 36.4 Å². The first-order chi connectivity index (χ1) is 15.7. The summed E-state index contributed by atoms with van der Waals surface area (Å²) in [5.74, 6) is -0.498. The first-order valence-electron chi connectivity index (χ1n) is 11.5. The molecule has 3 aliphatic rings. The molecular formula is C24H30N4O4S. The summed E-state index contributed by atoms with van der Waals surface area (Å²) in [5.41, 5.74) is 0.939. The molecule has 5 rings (SSSR count). The summed E-state index contributed by atoms with van der Waals surface area (Å²) in [6.45, 7) is 2.70. The number of carbonyl (C=O) groups excluding carboxylic acids is 2. The van der Waals surface area contributed by atoms with Gasteiger partial charge in [-0.2, -0.15) is 4.31 Å². The topological polar surface area (TPSA) is 90.0 Å². The minimum absolute atomic E-state index is 0.0362. The Labute approximate surface area is 194 Å². The van der Waals surface area contributed by atoms with Crippen molar-refractivity contribution in [3.63, 3.8) is 0 Å². The van der Waals surface area contributed by atoms with Gasteiger partial charge in [-0.15, -0.1) is 0 Å². The van der Waals surface area contributed by atoms with Gasteiger partial charge >= 0.3 is 0 Å². The Balaban J connectivity index is 1.50. The molecular weight excluding hydrogens is 440 g/mol. The molecule has 3 aliphatic heterocycles. The molecule has 33 heavy (non-hydrogen) atoms. The molecule has 4 atom stereocenters. The van der Waals surface area contributed by atoms with Gasteiger partial charge in [0.05, 0.1) is 22.9 Å². The Morgan fingerprint density at radius 3 is 2.55 bits per heavy atom. The second-order valence-corrected chi connectivity index (χ2v) is 11.4. The predicted molar refractivity (Wildman–Crippen MR) is 126 cm³/mol. The zero-order chi connectivity index (χ0) is 23.5. The van der Waals surface area contributed by atoms with Crippen LogP contribution in [0.3, 0.4) is 0 Å². The lowest BCUT2D eigenvalue weighted by Crippen LogP contribution is -2.51. The van der Waals surface area contributed by atoms with E-state index in [1.54, 1.807) is 17.0 Å². The number of sulfonamides is 1. The molecule has 0 aromatic heterocycles. The molecule has 0 aliphatic carbocycles. The van der Waals surface area contributed by atoms with Crippen LogP contribution < -0.4 is 10.2 Å². The SMILES string of the molecule is C[C@@H]1C(=O)N[C@H]2CCN(C(=O)[C@@H]3CCCN3S(=O)(=O)c3cccc4c(N(C)C)cccc34)[C@@H]21. The van der Waals surface area contributed by atoms with Crippen LogP contribution >= 0.6 is 0 Å². The number of hydrogen-bond donors (Lipinski definition) is 1. The van der Waals surface area contributed by atoms with Crippen molar-refractivity contribution in [2.75, 3.05) is 32.1 Å². The number of nitrogens with zero attached hydrogens (tertiary/aromatic N) is 3. The van der Waals surface area contributed by atoms with E-state index in [0.717, 1.165) is 11.1 Å². The van der Waals surface area contributed by atoms with Crippen LogP contribution in [-0.2, 0) is 19.6 Å². The Kier molecular flexibility index (Phi) is 5.36. The second kappa shape index (κ2) is 7.99. The van der Waals surface area contributed by atoms with E-state index in [2.05, 4.69) is 5.32 Å². The number of amides is 2. The maximum absolute atomic E-state index is 13.9. The fraction of sp³-hybridized carbons (Fsp3) is 0.500. The van der Waals surface area contributed by atoms with E-state index < -0.39 is 16.1 Å². The fourth-order valence-corrected chi connectivity index (χ4v) is 7.65. The minimum atomic E-state index is -3.89. The lowest BCUT2D eigenvalue weighted by Gasteiger charge is -2.32. The van der Waals surface area contributed by atoms with Crippen molar-refractivity contribution in [1.82, 2.24) is 14.5 Å². The van der Waals surface area contributed by atoms with Crippen LogP contribution in [0, 0.1) is 5.92 Å². The first-order valence-corrected chi connectivity index (χ1v) is 13.0. The molecule has 2 aromatic carbocycles. The molecule has 3 heterocycles. The molecule has 9 heteroatoms. The molecule has 176 valence electrons. The van der Waals surface area contributed by atoms with E-state index in [1.807, 2.05) is 50.2 Å². The van der Waals surface area contributed by atoms with Crippen LogP contribution in [0.4, 0.5) is 5.69 Å². The summed E-state index contributed by atoms with van der Waals surface area (Å²) in [6.07, 6.45) is 1.84. The third kappa shape index (κ3) is 3.40. The van der Waals surface area contributed by atoms with E-state index in [0.29, 0.717) is 37.7 Å². The highest BCUT2D eigenvalue weighted by atomic mass is 32.2. The van der Waals surface area contributed by atoms with Gasteiger partial charge < -0.3 is 15.1 Å². The van der Waals surface area contributed by atoms with E-state index in [-0.39, 0.29) is 34.7 Å². The number of nitrogens with one attached hydrogen (secondary N) is 1. The average molecular weight is 471 g/mol. The van der Waals surface area contributed by atoms with Crippen molar-refractivity contribution in [1.29, 1.82) is 0 Å². The number of carbonyl (C=O) groups is 2. The van der Waals surface area contributed by atoms with Gasteiger partial charge in [0, 0.05) is 43.6 Å². The average Bonchev–Trinajstić information content (AvgIpc) is 3.50. The lowest BCUT2D eigenvalue weighted by molar-refractivity contribution is -0.136. The molecule has 8 nitrogen and oxygen atoms in total. The van der Waals surface area contributed by atoms with Gasteiger partial charge in [-0.05, 0) is 31.4 Å². The van der Waals surface area contributed by atoms with E-state index in [1.165, 1.54) is 4.31 Å². The molecule has 0 bridgehead atoms. The molecule has 1 N–H and O–H groups in total. The normalized spacial score (nSPS) is 27.7. The Morgan fingerprint density at radius 2 is 1.79 bits per heavy atom. The maximum atomic E-state index is 13.9. The molecule has 2 aromatic rings. The number of benzene rings is 2. The van der Waals surface area contributed by atoms with Gasteiger partial charge in [0.1, 0.15) is 6.04 Å². The zero-order valence-electron chi connectivity index (χ0n) is 19.2. The maximum Gasteiger partial charge on any atom is 0.244 e. The number of anilines is 1. The number of hydrogen-bond acceptors (Lipinski definition) is 5. The predicted octanol–water partition coefficient (Wildman–Crippen LogP) is 1.79. The summed E-state index contributed by atoms with van der Waals surface area (Å²) >= 11 is 0. The minimum Gasteiger partial charge on any atom is -0.377 e. The van der Waals surface area contributed by atoms with Crippen LogP contribution in [0.5, 0.6) is 0 Å². The Bertz CT molecular complexity index is 1230. The van der Waals surface area contributed by atoms with Gasteiger partial charge in [-0.25, -0.2) is 8.42 Å². The molecule has 0 radical (unpaired) electrons. The Morgan fingerprint density at radius 1 is 1.06 bits per heavy atom. The summed E-state index contributed by atoms with van der Waals surface area (Å²) in [5, 5.41) is 4.49. The van der Waals surface area contributed by atoms with Gasteiger partial charge in [-0.3, -0.25) is 9.59 Å². The molecule has 3 saturated heterocycles. The van der Waals surface area contributed by atoms with Crippen LogP contribution in [0.2, 0.25) is 0 Å². The second-order valence-electron chi connectivity index (χ2n) is 9.51. The monoisotopic (exact) mass is 470 g/mol. The molecule has 0 unspecified atom stereocenters. The van der Waals surface area contributed by atoms with Gasteiger partial charge in [0.15, 0.2) is 0 Å². The fourth-order valence-electron chi connectivity index (χ4n) is 5.79. The van der Waals surface area contributed by atoms with Crippen molar-refractivity contribution in [3.8, 4) is 0 Å². The largest absolute Gasteiger partial charge is 0.377 e. The zero-order valence-corrected chi connectivity index (χ0v) is 20.0. The molecule has 3 fully saturated rings. The molecule has 2 amide bonds. The highest BCUT2D eigenvalue weighted by Crippen LogP contribution is 2.36. The first kappa shape index (κ1) is 22.2. The lowest BCUT2D eigenvalue weighted by atomic mass is 10.0. The third-order valence-electron chi connectivity index (χ3n) is 7.41. The number of fused-ring (bicyclic) bond motifs is 2. The van der Waals surface area contributed by atoms with Crippen LogP contribution in [0.1, 0.15) is 26.2 Å². The van der Waals surface area contributed by atoms with Crippen molar-refractivity contribution in [2.45, 2.75) is 49.2 Å². The van der Waals surface area contributed by atoms with Crippen molar-refractivity contribution >= 4 is 38.3 Å². The van der Waals surface area contributed by atoms with E-state index in [4.69, 9.17) is 0 Å². The molecule has 0 saturated carbocycles. The van der Waals surface area contributed by atoms with Gasteiger partial charge in [0.25, 0.3) is 0 Å². The van der Waals surface area contributed by atoms with E-state index >= 15 is 0 Å². The van der Waals surface area contributed by atoms with Crippen LogP contribution in [-0.4, -0.2) is 74.7 Å². The van der Waals surface area contributed by atoms with Crippen molar-refractivity contribution < 1.29 is 18.0 Å². The van der Waals surface area contributed by atoms with Gasteiger partial charge in [0.2, 0.25) is 21.8 Å². The number of likely N-dealkylation sites (tertiary alicyclic amines) is 1. The van der Waals surface area contributed by atoms with E-state index in [9.17, 15) is 18.0 Å². The summed E-state index contributed by atoms with van der Waals surface area (Å²) < 4.78 is 29.1. The highest BCUT2D eigenvalue weighted by molar-refractivity contribution is 7.89. The third-order valence-corrected chi connectivity index (χ3v) is 9.37. The summed E-state index contributed by atoms with van der Waals surface area (Å²) in [6, 6.07) is 9.99. The number of rotatable bonds is 4. The standard InChI is InChI=1S/C24H30N4O4S/c1-15-22-18(25-23(15)29)12-14-27(22)24(30)20-10-6-13-28(20)33(31,32)21-11-5-7-16-17(21)8-4-9-19(16)26(2)3/h4-5,7-9,11,15,18,20,22H,6,10,12-14H2,1-3H3,(H,25,29)/t15-,18-,20-,22+/m0/s1. The smallest absolute Gasteiger partial charge is 0.244 e. The Hall–Kier alpha value is -2.65. The quantitative estimate of drug-likeness (QED) is 0.736. The van der Waals surface area contributed by atoms with Crippen LogP contribution in [0.15, 0.2) is 41.3 Å². The van der Waals surface area contributed by atoms with Gasteiger partial charge in [-0.1, -0.05) is 31.2 Å². The van der Waals surface area contributed by atoms with Crippen LogP contribution in [0.25, 0.3) is 10.8 Å². The highest BCUT2D eigenvalue weighted by Gasteiger charge is 2.51.